The summed E-state index contributed by atoms with van der Waals surface area (Å²) in [6.07, 6.45) is 0.816. The van der Waals surface area contributed by atoms with Crippen LogP contribution in [-0.4, -0.2) is 40.4 Å². The molecule has 4 N–H and O–H groups in total. The summed E-state index contributed by atoms with van der Waals surface area (Å²) in [6.45, 7) is 5.22. The van der Waals surface area contributed by atoms with Gasteiger partial charge >= 0.3 is 32.3 Å². The van der Waals surface area contributed by atoms with Crippen LogP contribution in [0.15, 0.2) is 66.7 Å². The van der Waals surface area contributed by atoms with E-state index in [1.165, 1.54) is 24.3 Å². The number of anilines is 4. The van der Waals surface area contributed by atoms with Gasteiger partial charge in [0.05, 0.1) is 11.5 Å². The average molecular weight is 605 g/mol. The van der Waals surface area contributed by atoms with Gasteiger partial charge in [-0.05, 0) is 61.7 Å². The lowest BCUT2D eigenvalue weighted by atomic mass is 10.2. The van der Waals surface area contributed by atoms with Crippen LogP contribution >= 0.6 is 0 Å². The molecule has 12 nitrogen and oxygen atoms in total. The van der Waals surface area contributed by atoms with Gasteiger partial charge in [0.15, 0.2) is 0 Å². The van der Waals surface area contributed by atoms with Crippen LogP contribution in [0.4, 0.5) is 32.3 Å². The van der Waals surface area contributed by atoms with Crippen LogP contribution < -0.4 is 29.6 Å². The molecule has 3 aromatic rings. The van der Waals surface area contributed by atoms with Gasteiger partial charge in [0.25, 0.3) is 0 Å². The Balaban J connectivity index is 1.62. The minimum atomic E-state index is -3.73. The number of carbonyl (C=O) groups is 2. The maximum absolute atomic E-state index is 12.6. The number of rotatable bonds is 12. The number of hydrogen-bond donors (Lipinski definition) is 4. The molecular weight excluding hydrogens is 572 g/mol. The van der Waals surface area contributed by atoms with Crippen molar-refractivity contribution in [1.29, 1.82) is 0 Å². The van der Waals surface area contributed by atoms with Gasteiger partial charge in [-0.1, -0.05) is 32.0 Å². The summed E-state index contributed by atoms with van der Waals surface area (Å²) in [4.78, 5) is 25.2. The smallest absolute Gasteiger partial charge is 0.323 e. The van der Waals surface area contributed by atoms with Crippen LogP contribution in [0, 0.1) is 6.92 Å². The molecule has 14 heteroatoms. The van der Waals surface area contributed by atoms with Gasteiger partial charge in [-0.2, -0.15) is 16.8 Å². The lowest BCUT2D eigenvalue weighted by Gasteiger charge is -2.14. The van der Waals surface area contributed by atoms with E-state index in [1.54, 1.807) is 63.2 Å². The highest BCUT2D eigenvalue weighted by atomic mass is 32.2. The molecule has 0 radical (unpaired) electrons. The van der Waals surface area contributed by atoms with Crippen molar-refractivity contribution >= 4 is 55.0 Å². The Morgan fingerprint density at radius 2 is 1.07 bits per heavy atom. The van der Waals surface area contributed by atoms with E-state index < -0.39 is 32.3 Å². The molecule has 0 fully saturated rings. The molecule has 0 aromatic heterocycles. The summed E-state index contributed by atoms with van der Waals surface area (Å²) < 4.78 is 57.8. The maximum atomic E-state index is 12.6. The first-order chi connectivity index (χ1) is 19.4. The number of urea groups is 2. The van der Waals surface area contributed by atoms with E-state index >= 15 is 0 Å². The van der Waals surface area contributed by atoms with E-state index in [4.69, 9.17) is 8.37 Å². The highest BCUT2D eigenvalue weighted by Crippen LogP contribution is 2.24. The van der Waals surface area contributed by atoms with Gasteiger partial charge in [-0.25, -0.2) is 9.59 Å². The number of nitrogens with one attached hydrogen (secondary N) is 4. The third-order valence-corrected chi connectivity index (χ3v) is 7.99. The maximum Gasteiger partial charge on any atom is 0.323 e. The van der Waals surface area contributed by atoms with Crippen molar-refractivity contribution in [2.45, 2.75) is 33.6 Å². The lowest BCUT2D eigenvalue weighted by Crippen LogP contribution is -2.21. The normalized spacial score (nSPS) is 11.3. The Bertz CT molecular complexity index is 1610. The van der Waals surface area contributed by atoms with Crippen LogP contribution in [0.3, 0.4) is 0 Å². The predicted octanol–water partition coefficient (Wildman–Crippen LogP) is 5.52. The van der Waals surface area contributed by atoms with Gasteiger partial charge in [-0.15, -0.1) is 0 Å². The second-order valence-electron chi connectivity index (χ2n) is 8.93. The summed E-state index contributed by atoms with van der Waals surface area (Å²) in [5, 5.41) is 10.6. The Labute approximate surface area is 239 Å². The molecule has 0 heterocycles. The summed E-state index contributed by atoms with van der Waals surface area (Å²) in [5.74, 6) is -0.109. The van der Waals surface area contributed by atoms with Crippen LogP contribution in [0.2, 0.25) is 0 Å². The number of benzene rings is 3. The van der Waals surface area contributed by atoms with Crippen molar-refractivity contribution in [3.05, 3.63) is 72.3 Å². The fourth-order valence-corrected chi connectivity index (χ4v) is 5.50. The second-order valence-corrected chi connectivity index (χ2v) is 12.3. The fourth-order valence-electron chi connectivity index (χ4n) is 3.54. The Morgan fingerprint density at radius 3 is 1.54 bits per heavy atom. The Kier molecular flexibility index (Phi) is 10.6. The van der Waals surface area contributed by atoms with Gasteiger partial charge in [-0.3, -0.25) is 0 Å². The molecule has 0 spiro atoms. The molecule has 3 aromatic carbocycles. The Hall–Kier alpha value is -4.30. The molecule has 0 saturated carbocycles. The molecule has 220 valence electrons. The molecule has 0 saturated heterocycles. The summed E-state index contributed by atoms with van der Waals surface area (Å²) in [7, 11) is -7.46. The molecule has 0 unspecified atom stereocenters. The first-order valence-electron chi connectivity index (χ1n) is 12.7. The van der Waals surface area contributed by atoms with Gasteiger partial charge in [0, 0.05) is 34.9 Å². The van der Waals surface area contributed by atoms with Crippen molar-refractivity contribution in [1.82, 2.24) is 0 Å². The first-order valence-corrected chi connectivity index (χ1v) is 15.8. The summed E-state index contributed by atoms with van der Waals surface area (Å²) in [5.41, 5.74) is 2.12. The highest BCUT2D eigenvalue weighted by Gasteiger charge is 2.14. The molecule has 4 amide bonds. The quantitative estimate of drug-likeness (QED) is 0.196. The van der Waals surface area contributed by atoms with Gasteiger partial charge in [0.1, 0.15) is 11.5 Å². The third kappa shape index (κ3) is 10.3. The topological polar surface area (TPSA) is 169 Å². The molecular formula is C27H32N4O8S2. The fraction of sp³-hybridized carbons (Fsp3) is 0.259. The third-order valence-electron chi connectivity index (χ3n) is 5.28. The molecule has 0 atom stereocenters. The highest BCUT2D eigenvalue weighted by molar-refractivity contribution is 7.87. The van der Waals surface area contributed by atoms with E-state index in [9.17, 15) is 26.4 Å². The van der Waals surface area contributed by atoms with E-state index in [0.717, 1.165) is 0 Å². The lowest BCUT2D eigenvalue weighted by molar-refractivity contribution is 0.261. The van der Waals surface area contributed by atoms with Crippen LogP contribution in [0.25, 0.3) is 0 Å². The number of aryl methyl sites for hydroxylation is 1. The number of hydrogen-bond acceptors (Lipinski definition) is 8. The SMILES string of the molecule is CCCS(=O)(=O)Oc1cccc(NC(=O)Nc2ccc(C)c(NC(=O)Nc3cccc(OS(=O)(=O)CCC)c3)c2)c1. The van der Waals surface area contributed by atoms with Crippen molar-refractivity contribution in [2.75, 3.05) is 32.8 Å². The molecule has 0 bridgehead atoms. The summed E-state index contributed by atoms with van der Waals surface area (Å²) >= 11 is 0. The largest absolute Gasteiger partial charge is 0.382 e. The van der Waals surface area contributed by atoms with E-state index in [0.29, 0.717) is 41.2 Å². The monoisotopic (exact) mass is 604 g/mol. The van der Waals surface area contributed by atoms with Crippen LogP contribution in [0.5, 0.6) is 11.5 Å². The first kappa shape index (κ1) is 31.2. The van der Waals surface area contributed by atoms with Gasteiger partial charge < -0.3 is 29.6 Å². The standard InChI is InChI=1S/C27H32N4O8S2/c1-4-14-40(34,35)38-23-10-6-8-20(16-23)28-26(32)30-22-13-12-19(3)25(18-22)31-27(33)29-21-9-7-11-24(17-21)39-41(36,37)15-5-2/h6-13,16-18H,4-5,14-15H2,1-3H3,(H2,28,30,32)(H2,29,31,33). The van der Waals surface area contributed by atoms with Crippen molar-refractivity contribution in [3.8, 4) is 11.5 Å². The van der Waals surface area contributed by atoms with E-state index in [1.807, 2.05) is 0 Å². The zero-order valence-corrected chi connectivity index (χ0v) is 24.4. The Morgan fingerprint density at radius 1 is 0.634 bits per heavy atom. The minimum absolute atomic E-state index is 0.0729. The molecule has 0 aliphatic heterocycles. The predicted molar refractivity (Wildman–Crippen MR) is 159 cm³/mol. The number of amides is 4. The molecule has 41 heavy (non-hydrogen) atoms. The molecule has 3 rings (SSSR count). The van der Waals surface area contributed by atoms with Crippen molar-refractivity contribution in [2.24, 2.45) is 0 Å². The zero-order valence-electron chi connectivity index (χ0n) is 22.8. The molecule has 0 aliphatic rings. The van der Waals surface area contributed by atoms with Crippen LogP contribution in [-0.2, 0) is 20.2 Å². The number of carbonyl (C=O) groups excluding carboxylic acids is 2. The second kappa shape index (κ2) is 13.9. The van der Waals surface area contributed by atoms with Gasteiger partial charge in [0.2, 0.25) is 0 Å². The van der Waals surface area contributed by atoms with E-state index in [2.05, 4.69) is 21.3 Å². The van der Waals surface area contributed by atoms with Crippen molar-refractivity contribution < 1.29 is 34.8 Å². The zero-order chi connectivity index (χ0) is 30.0. The van der Waals surface area contributed by atoms with Crippen molar-refractivity contribution in [3.63, 3.8) is 0 Å². The molecule has 0 aliphatic carbocycles. The van der Waals surface area contributed by atoms with Crippen LogP contribution in [0.1, 0.15) is 32.3 Å². The average Bonchev–Trinajstić information content (AvgIpc) is 2.85. The minimum Gasteiger partial charge on any atom is -0.382 e. The van der Waals surface area contributed by atoms with E-state index in [-0.39, 0.29) is 23.0 Å². The summed E-state index contributed by atoms with van der Waals surface area (Å²) in [6, 6.07) is 15.7.